The van der Waals surface area contributed by atoms with Gasteiger partial charge in [-0.25, -0.2) is 4.79 Å². The molecule has 2 aromatic rings. The van der Waals surface area contributed by atoms with Crippen molar-refractivity contribution in [3.05, 3.63) is 57.4 Å². The Labute approximate surface area is 135 Å². The SMILES string of the molecule is Cn1cc([N+](=O)[O-])cc1C(=O)OCC(=O)Nc1ccccc1Cl. The highest BCUT2D eigenvalue weighted by Gasteiger charge is 2.19. The number of para-hydroxylation sites is 1. The summed E-state index contributed by atoms with van der Waals surface area (Å²) in [6, 6.07) is 7.68. The van der Waals surface area contributed by atoms with Crippen molar-refractivity contribution in [2.24, 2.45) is 7.05 Å². The van der Waals surface area contributed by atoms with Crippen LogP contribution in [0.5, 0.6) is 0 Å². The van der Waals surface area contributed by atoms with Crippen LogP contribution in [0.25, 0.3) is 0 Å². The number of aromatic nitrogens is 1. The van der Waals surface area contributed by atoms with Crippen LogP contribution in [-0.2, 0) is 16.6 Å². The normalized spacial score (nSPS) is 10.2. The first kappa shape index (κ1) is 16.5. The van der Waals surface area contributed by atoms with Crippen molar-refractivity contribution in [1.82, 2.24) is 4.57 Å². The van der Waals surface area contributed by atoms with Gasteiger partial charge in [0.1, 0.15) is 5.69 Å². The number of anilines is 1. The highest BCUT2D eigenvalue weighted by molar-refractivity contribution is 6.33. The molecule has 1 heterocycles. The smallest absolute Gasteiger partial charge is 0.355 e. The summed E-state index contributed by atoms with van der Waals surface area (Å²) in [6.45, 7) is -0.539. The Morgan fingerprint density at radius 3 is 2.70 bits per heavy atom. The molecule has 0 bridgehead atoms. The van der Waals surface area contributed by atoms with Gasteiger partial charge >= 0.3 is 5.97 Å². The van der Waals surface area contributed by atoms with E-state index in [0.717, 1.165) is 6.07 Å². The van der Waals surface area contributed by atoms with Crippen LogP contribution in [0.1, 0.15) is 10.5 Å². The van der Waals surface area contributed by atoms with E-state index in [-0.39, 0.29) is 11.4 Å². The summed E-state index contributed by atoms with van der Waals surface area (Å²) in [5.41, 5.74) is 0.131. The van der Waals surface area contributed by atoms with Crippen molar-refractivity contribution >= 4 is 34.9 Å². The predicted octanol–water partition coefficient (Wildman–Crippen LogP) is 2.38. The summed E-state index contributed by atoms with van der Waals surface area (Å²) < 4.78 is 6.09. The van der Waals surface area contributed by atoms with Crippen LogP contribution < -0.4 is 5.32 Å². The van der Waals surface area contributed by atoms with Gasteiger partial charge < -0.3 is 14.6 Å². The lowest BCUT2D eigenvalue weighted by atomic mass is 10.3. The molecule has 9 heteroatoms. The number of nitrogens with zero attached hydrogens (tertiary/aromatic N) is 2. The molecule has 0 aliphatic heterocycles. The molecule has 1 aromatic heterocycles. The summed E-state index contributed by atoms with van der Waals surface area (Å²) in [5.74, 6) is -1.41. The number of carbonyl (C=O) groups excluding carboxylic acids is 2. The average Bonchev–Trinajstić information content (AvgIpc) is 2.89. The monoisotopic (exact) mass is 337 g/mol. The van der Waals surface area contributed by atoms with Gasteiger partial charge in [-0.15, -0.1) is 0 Å². The summed E-state index contributed by atoms with van der Waals surface area (Å²) in [4.78, 5) is 33.6. The number of rotatable bonds is 5. The summed E-state index contributed by atoms with van der Waals surface area (Å²) in [7, 11) is 1.47. The quantitative estimate of drug-likeness (QED) is 0.512. The fourth-order valence-electron chi connectivity index (χ4n) is 1.80. The zero-order valence-corrected chi connectivity index (χ0v) is 12.7. The summed E-state index contributed by atoms with van der Waals surface area (Å²) >= 11 is 5.89. The van der Waals surface area contributed by atoms with E-state index in [1.54, 1.807) is 24.3 Å². The molecule has 1 N–H and O–H groups in total. The van der Waals surface area contributed by atoms with E-state index < -0.39 is 23.4 Å². The first-order chi connectivity index (χ1) is 10.9. The largest absolute Gasteiger partial charge is 0.451 e. The van der Waals surface area contributed by atoms with Crippen LogP contribution in [0.4, 0.5) is 11.4 Å². The van der Waals surface area contributed by atoms with E-state index >= 15 is 0 Å². The van der Waals surface area contributed by atoms with Crippen molar-refractivity contribution in [2.45, 2.75) is 0 Å². The number of aryl methyl sites for hydroxylation is 1. The van der Waals surface area contributed by atoms with E-state index in [0.29, 0.717) is 10.7 Å². The van der Waals surface area contributed by atoms with Crippen molar-refractivity contribution in [3.63, 3.8) is 0 Å². The number of hydrogen-bond acceptors (Lipinski definition) is 5. The Bertz CT molecular complexity index is 772. The van der Waals surface area contributed by atoms with Crippen molar-refractivity contribution in [1.29, 1.82) is 0 Å². The zero-order chi connectivity index (χ0) is 17.0. The van der Waals surface area contributed by atoms with E-state index in [2.05, 4.69) is 5.32 Å². The van der Waals surface area contributed by atoms with Crippen LogP contribution in [0, 0.1) is 10.1 Å². The minimum Gasteiger partial charge on any atom is -0.451 e. The lowest BCUT2D eigenvalue weighted by Crippen LogP contribution is -2.21. The second-order valence-corrected chi connectivity index (χ2v) is 4.96. The minimum absolute atomic E-state index is 0.0257. The maximum absolute atomic E-state index is 11.9. The van der Waals surface area contributed by atoms with Gasteiger partial charge in [0.05, 0.1) is 21.8 Å². The maximum atomic E-state index is 11.9. The fraction of sp³-hybridized carbons (Fsp3) is 0.143. The molecular formula is C14H12ClN3O5. The van der Waals surface area contributed by atoms with Crippen molar-refractivity contribution < 1.29 is 19.2 Å². The Hall–Kier alpha value is -2.87. The molecule has 0 spiro atoms. The third-order valence-electron chi connectivity index (χ3n) is 2.89. The lowest BCUT2D eigenvalue weighted by molar-refractivity contribution is -0.384. The molecule has 1 aromatic carbocycles. The highest BCUT2D eigenvalue weighted by atomic mass is 35.5. The van der Waals surface area contributed by atoms with Crippen LogP contribution in [-0.4, -0.2) is 28.0 Å². The molecule has 0 aliphatic rings. The summed E-state index contributed by atoms with van der Waals surface area (Å²) in [5, 5.41) is 13.5. The average molecular weight is 338 g/mol. The van der Waals surface area contributed by atoms with Crippen LogP contribution in [0.3, 0.4) is 0 Å². The first-order valence-corrected chi connectivity index (χ1v) is 6.78. The molecule has 0 aliphatic carbocycles. The van der Waals surface area contributed by atoms with Gasteiger partial charge in [0.15, 0.2) is 6.61 Å². The molecule has 0 saturated carbocycles. The van der Waals surface area contributed by atoms with Gasteiger partial charge in [0.25, 0.3) is 11.6 Å². The van der Waals surface area contributed by atoms with Gasteiger partial charge in [-0.05, 0) is 12.1 Å². The number of hydrogen-bond donors (Lipinski definition) is 1. The molecule has 2 rings (SSSR count). The van der Waals surface area contributed by atoms with E-state index in [1.807, 2.05) is 0 Å². The number of halogens is 1. The van der Waals surface area contributed by atoms with Crippen LogP contribution in [0.15, 0.2) is 36.5 Å². The van der Waals surface area contributed by atoms with E-state index in [9.17, 15) is 19.7 Å². The predicted molar refractivity (Wildman–Crippen MR) is 82.4 cm³/mol. The molecule has 0 atom stereocenters. The van der Waals surface area contributed by atoms with E-state index in [4.69, 9.17) is 16.3 Å². The van der Waals surface area contributed by atoms with Gasteiger partial charge in [-0.2, -0.15) is 0 Å². The second kappa shape index (κ2) is 6.93. The van der Waals surface area contributed by atoms with Crippen LogP contribution in [0.2, 0.25) is 5.02 Å². The van der Waals surface area contributed by atoms with Gasteiger partial charge in [0, 0.05) is 13.1 Å². The summed E-state index contributed by atoms with van der Waals surface area (Å²) in [6.07, 6.45) is 1.18. The maximum Gasteiger partial charge on any atom is 0.355 e. The van der Waals surface area contributed by atoms with Crippen molar-refractivity contribution in [3.8, 4) is 0 Å². The highest BCUT2D eigenvalue weighted by Crippen LogP contribution is 2.20. The Balaban J connectivity index is 1.95. The van der Waals surface area contributed by atoms with Gasteiger partial charge in [0.2, 0.25) is 0 Å². The topological polar surface area (TPSA) is 103 Å². The van der Waals surface area contributed by atoms with E-state index in [1.165, 1.54) is 17.8 Å². The standard InChI is InChI=1S/C14H12ClN3O5/c1-17-7-9(18(21)22)6-12(17)14(20)23-8-13(19)16-11-5-3-2-4-10(11)15/h2-7H,8H2,1H3,(H,16,19). The first-order valence-electron chi connectivity index (χ1n) is 6.40. The molecule has 8 nitrogen and oxygen atoms in total. The number of amides is 1. The molecule has 23 heavy (non-hydrogen) atoms. The van der Waals surface area contributed by atoms with Crippen LogP contribution >= 0.6 is 11.6 Å². The Morgan fingerprint density at radius 1 is 1.39 bits per heavy atom. The number of esters is 1. The van der Waals surface area contributed by atoms with Gasteiger partial charge in [-0.3, -0.25) is 14.9 Å². The molecule has 0 saturated heterocycles. The Kier molecular flexibility index (Phi) is 4.97. The number of ether oxygens (including phenoxy) is 1. The third kappa shape index (κ3) is 4.07. The van der Waals surface area contributed by atoms with Crippen molar-refractivity contribution in [2.75, 3.05) is 11.9 Å². The number of carbonyl (C=O) groups is 2. The third-order valence-corrected chi connectivity index (χ3v) is 3.22. The molecule has 1 amide bonds. The molecule has 0 radical (unpaired) electrons. The molecule has 120 valence electrons. The van der Waals surface area contributed by atoms with Gasteiger partial charge in [-0.1, -0.05) is 23.7 Å². The molecule has 0 fully saturated rings. The number of nitrogens with one attached hydrogen (secondary N) is 1. The number of benzene rings is 1. The second-order valence-electron chi connectivity index (χ2n) is 4.56. The zero-order valence-electron chi connectivity index (χ0n) is 12.0. The minimum atomic E-state index is -0.838. The number of nitro groups is 1. The Morgan fingerprint density at radius 2 is 2.09 bits per heavy atom. The lowest BCUT2D eigenvalue weighted by Gasteiger charge is -2.08. The molecule has 0 unspecified atom stereocenters. The fourth-order valence-corrected chi connectivity index (χ4v) is 1.99. The molecular weight excluding hydrogens is 326 g/mol.